The van der Waals surface area contributed by atoms with Gasteiger partial charge in [0.05, 0.1) is 0 Å². The molecule has 5 heteroatoms. The zero-order chi connectivity index (χ0) is 11.5. The van der Waals surface area contributed by atoms with E-state index in [0.29, 0.717) is 13.1 Å². The van der Waals surface area contributed by atoms with Crippen molar-refractivity contribution >= 4 is 12.4 Å². The highest BCUT2D eigenvalue weighted by Crippen LogP contribution is 2.17. The van der Waals surface area contributed by atoms with E-state index in [1.807, 2.05) is 4.90 Å². The van der Waals surface area contributed by atoms with Gasteiger partial charge in [-0.05, 0) is 31.5 Å². The van der Waals surface area contributed by atoms with Crippen LogP contribution in [0.4, 0.5) is 8.78 Å². The molecule has 1 saturated heterocycles. The summed E-state index contributed by atoms with van der Waals surface area (Å²) in [6, 6.07) is 4.10. The lowest BCUT2D eigenvalue weighted by molar-refractivity contribution is 0.197. The minimum atomic E-state index is -0.473. The summed E-state index contributed by atoms with van der Waals surface area (Å²) in [6.07, 6.45) is 1.99. The second-order valence-corrected chi connectivity index (χ2v) is 4.34. The van der Waals surface area contributed by atoms with Gasteiger partial charge in [-0.15, -0.1) is 12.4 Å². The molecule has 2 rings (SSSR count). The smallest absolute Gasteiger partial charge is 0.130 e. The van der Waals surface area contributed by atoms with Gasteiger partial charge in [-0.3, -0.25) is 4.90 Å². The Bertz CT molecular complexity index is 353. The topological polar surface area (TPSA) is 29.3 Å². The van der Waals surface area contributed by atoms with Crippen LogP contribution in [0, 0.1) is 11.6 Å². The van der Waals surface area contributed by atoms with Crippen molar-refractivity contribution < 1.29 is 8.78 Å². The molecule has 0 amide bonds. The van der Waals surface area contributed by atoms with Gasteiger partial charge in [-0.1, -0.05) is 6.07 Å². The first kappa shape index (κ1) is 14.4. The molecule has 1 heterocycles. The summed E-state index contributed by atoms with van der Waals surface area (Å²) in [4.78, 5) is 2.01. The second-order valence-electron chi connectivity index (χ2n) is 4.34. The van der Waals surface area contributed by atoms with Gasteiger partial charge in [0, 0.05) is 24.7 Å². The normalized spacial score (nSPS) is 21.0. The van der Waals surface area contributed by atoms with E-state index < -0.39 is 11.6 Å². The molecule has 1 aromatic rings. The molecule has 0 bridgehead atoms. The number of hydrogen-bond donors (Lipinski definition) is 1. The monoisotopic (exact) mass is 262 g/mol. The molecule has 0 radical (unpaired) electrons. The van der Waals surface area contributed by atoms with Crippen molar-refractivity contribution in [1.29, 1.82) is 0 Å². The minimum absolute atomic E-state index is 0. The van der Waals surface area contributed by atoms with E-state index in [2.05, 4.69) is 0 Å². The predicted molar refractivity (Wildman–Crippen MR) is 66.1 cm³/mol. The molecule has 96 valence electrons. The standard InChI is InChI=1S/C12H16F2N2.ClH/c13-11-4-1-5-12(14)10(11)8-16-6-2-3-9(15)7-16;/h1,4-5,9H,2-3,6-8,15H2;1H/t9-;/m1./s1. The Morgan fingerprint density at radius 3 is 2.53 bits per heavy atom. The number of nitrogens with two attached hydrogens (primary N) is 1. The van der Waals surface area contributed by atoms with Gasteiger partial charge in [0.1, 0.15) is 11.6 Å². The molecule has 0 aliphatic carbocycles. The Balaban J connectivity index is 0.00000144. The summed E-state index contributed by atoms with van der Waals surface area (Å²) in [5.41, 5.74) is 5.98. The highest BCUT2D eigenvalue weighted by atomic mass is 35.5. The van der Waals surface area contributed by atoms with Crippen LogP contribution < -0.4 is 5.73 Å². The number of rotatable bonds is 2. The maximum absolute atomic E-state index is 13.4. The van der Waals surface area contributed by atoms with Crippen LogP contribution in [-0.4, -0.2) is 24.0 Å². The van der Waals surface area contributed by atoms with Crippen molar-refractivity contribution in [3.63, 3.8) is 0 Å². The number of likely N-dealkylation sites (tertiary alicyclic amines) is 1. The number of benzene rings is 1. The van der Waals surface area contributed by atoms with E-state index in [0.717, 1.165) is 19.4 Å². The van der Waals surface area contributed by atoms with Gasteiger partial charge in [-0.25, -0.2) is 8.78 Å². The molecule has 1 aliphatic rings. The zero-order valence-corrected chi connectivity index (χ0v) is 10.4. The minimum Gasteiger partial charge on any atom is -0.327 e. The van der Waals surface area contributed by atoms with Gasteiger partial charge in [0.2, 0.25) is 0 Å². The third kappa shape index (κ3) is 3.63. The Labute approximate surface area is 106 Å². The second kappa shape index (κ2) is 6.28. The molecule has 17 heavy (non-hydrogen) atoms. The molecule has 1 aliphatic heterocycles. The largest absolute Gasteiger partial charge is 0.327 e. The summed E-state index contributed by atoms with van der Waals surface area (Å²) in [5.74, 6) is -0.946. The van der Waals surface area contributed by atoms with Gasteiger partial charge < -0.3 is 5.73 Å². The van der Waals surface area contributed by atoms with Crippen molar-refractivity contribution in [2.24, 2.45) is 5.73 Å². The molecule has 1 atom stereocenters. The van der Waals surface area contributed by atoms with E-state index >= 15 is 0 Å². The lowest BCUT2D eigenvalue weighted by Crippen LogP contribution is -2.42. The number of hydrogen-bond acceptors (Lipinski definition) is 2. The van der Waals surface area contributed by atoms with Gasteiger partial charge in [-0.2, -0.15) is 0 Å². The van der Waals surface area contributed by atoms with Crippen LogP contribution in [0.1, 0.15) is 18.4 Å². The molecule has 0 unspecified atom stereocenters. The lowest BCUT2D eigenvalue weighted by Gasteiger charge is -2.30. The average molecular weight is 263 g/mol. The summed E-state index contributed by atoms with van der Waals surface area (Å²) >= 11 is 0. The zero-order valence-electron chi connectivity index (χ0n) is 9.53. The third-order valence-electron chi connectivity index (χ3n) is 2.99. The fourth-order valence-corrected chi connectivity index (χ4v) is 2.14. The van der Waals surface area contributed by atoms with Crippen molar-refractivity contribution in [2.45, 2.75) is 25.4 Å². The van der Waals surface area contributed by atoms with Crippen LogP contribution in [0.2, 0.25) is 0 Å². The summed E-state index contributed by atoms with van der Waals surface area (Å²) < 4.78 is 26.8. The van der Waals surface area contributed by atoms with Crippen LogP contribution in [0.25, 0.3) is 0 Å². The molecule has 0 saturated carbocycles. The first-order valence-electron chi connectivity index (χ1n) is 5.57. The highest BCUT2D eigenvalue weighted by molar-refractivity contribution is 5.85. The van der Waals surface area contributed by atoms with Crippen LogP contribution >= 0.6 is 12.4 Å². The maximum atomic E-state index is 13.4. The molecular weight excluding hydrogens is 246 g/mol. The van der Waals surface area contributed by atoms with Crippen LogP contribution in [0.5, 0.6) is 0 Å². The van der Waals surface area contributed by atoms with Crippen LogP contribution in [0.15, 0.2) is 18.2 Å². The number of piperidine rings is 1. The number of halogens is 3. The number of nitrogens with zero attached hydrogens (tertiary/aromatic N) is 1. The molecule has 2 nitrogen and oxygen atoms in total. The summed E-state index contributed by atoms with van der Waals surface area (Å²) in [6.45, 7) is 1.89. The van der Waals surface area contributed by atoms with Gasteiger partial charge in [0.15, 0.2) is 0 Å². The lowest BCUT2D eigenvalue weighted by atomic mass is 10.1. The SMILES string of the molecule is Cl.N[C@@H]1CCCN(Cc2c(F)cccc2F)C1. The van der Waals surface area contributed by atoms with Crippen molar-refractivity contribution in [3.05, 3.63) is 35.4 Å². The highest BCUT2D eigenvalue weighted by Gasteiger charge is 2.19. The fraction of sp³-hybridized carbons (Fsp3) is 0.500. The Morgan fingerprint density at radius 2 is 1.94 bits per heavy atom. The Morgan fingerprint density at radius 1 is 1.29 bits per heavy atom. The Kier molecular flexibility index (Phi) is 5.31. The molecule has 0 aromatic heterocycles. The average Bonchev–Trinajstić information content (AvgIpc) is 2.24. The molecule has 1 fully saturated rings. The molecule has 2 N–H and O–H groups in total. The molecule has 1 aromatic carbocycles. The van der Waals surface area contributed by atoms with Crippen LogP contribution in [0.3, 0.4) is 0 Å². The van der Waals surface area contributed by atoms with E-state index in [-0.39, 0.29) is 24.0 Å². The van der Waals surface area contributed by atoms with E-state index in [1.165, 1.54) is 18.2 Å². The quantitative estimate of drug-likeness (QED) is 0.886. The van der Waals surface area contributed by atoms with Crippen molar-refractivity contribution in [1.82, 2.24) is 4.90 Å². The Hall–Kier alpha value is -0.710. The third-order valence-corrected chi connectivity index (χ3v) is 2.99. The van der Waals surface area contributed by atoms with E-state index in [9.17, 15) is 8.78 Å². The van der Waals surface area contributed by atoms with E-state index in [4.69, 9.17) is 5.73 Å². The van der Waals surface area contributed by atoms with Gasteiger partial charge >= 0.3 is 0 Å². The first-order chi connectivity index (χ1) is 7.66. The molecular formula is C12H17ClF2N2. The predicted octanol–water partition coefficient (Wildman–Crippen LogP) is 2.31. The molecule has 0 spiro atoms. The maximum Gasteiger partial charge on any atom is 0.130 e. The van der Waals surface area contributed by atoms with Crippen LogP contribution in [-0.2, 0) is 6.54 Å². The summed E-state index contributed by atoms with van der Waals surface area (Å²) in [7, 11) is 0. The summed E-state index contributed by atoms with van der Waals surface area (Å²) in [5, 5.41) is 0. The van der Waals surface area contributed by atoms with Crippen molar-refractivity contribution in [2.75, 3.05) is 13.1 Å². The van der Waals surface area contributed by atoms with Gasteiger partial charge in [0.25, 0.3) is 0 Å². The van der Waals surface area contributed by atoms with Crippen molar-refractivity contribution in [3.8, 4) is 0 Å². The van der Waals surface area contributed by atoms with E-state index in [1.54, 1.807) is 0 Å². The first-order valence-corrected chi connectivity index (χ1v) is 5.57. The fourth-order valence-electron chi connectivity index (χ4n) is 2.14.